The lowest BCUT2D eigenvalue weighted by molar-refractivity contribution is 0.0733. The van der Waals surface area contributed by atoms with Crippen LogP contribution in [0.4, 0.5) is 0 Å². The summed E-state index contributed by atoms with van der Waals surface area (Å²) in [5.41, 5.74) is 5.78. The van der Waals surface area contributed by atoms with Gasteiger partial charge in [0.15, 0.2) is 0 Å². The van der Waals surface area contributed by atoms with Crippen LogP contribution >= 0.6 is 15.9 Å². The molecule has 0 unspecified atom stereocenters. The van der Waals surface area contributed by atoms with Crippen molar-refractivity contribution in [3.05, 3.63) is 99.0 Å². The van der Waals surface area contributed by atoms with E-state index in [1.54, 1.807) is 42.5 Å². The Morgan fingerprint density at radius 2 is 1.55 bits per heavy atom. The summed E-state index contributed by atoms with van der Waals surface area (Å²) >= 11 is 3.40. The van der Waals surface area contributed by atoms with Gasteiger partial charge in [0.05, 0.1) is 11.8 Å². The minimum absolute atomic E-state index is 0.312. The molecule has 0 aliphatic rings. The fourth-order valence-electron chi connectivity index (χ4n) is 2.72. The van der Waals surface area contributed by atoms with E-state index in [0.29, 0.717) is 22.4 Å². The number of ether oxygens (including phenoxy) is 1. The smallest absolute Gasteiger partial charge is 0.343 e. The van der Waals surface area contributed by atoms with E-state index in [0.717, 1.165) is 15.6 Å². The van der Waals surface area contributed by atoms with Crippen LogP contribution in [0.3, 0.4) is 0 Å². The molecule has 1 amide bonds. The number of benzene rings is 3. The van der Waals surface area contributed by atoms with Gasteiger partial charge >= 0.3 is 5.97 Å². The number of carbonyl (C=O) groups is 2. The van der Waals surface area contributed by atoms with Crippen molar-refractivity contribution in [3.63, 3.8) is 0 Å². The van der Waals surface area contributed by atoms with E-state index >= 15 is 0 Å². The number of aryl methyl sites for hydroxylation is 2. The molecule has 0 atom stereocenters. The second-order valence-corrected chi connectivity index (χ2v) is 7.32. The lowest BCUT2D eigenvalue weighted by Crippen LogP contribution is -2.18. The Bertz CT molecular complexity index is 1090. The number of rotatable bonds is 5. The monoisotopic (exact) mass is 450 g/mol. The molecule has 0 saturated heterocycles. The van der Waals surface area contributed by atoms with E-state index in [2.05, 4.69) is 26.5 Å². The summed E-state index contributed by atoms with van der Waals surface area (Å²) in [6, 6.07) is 19.7. The van der Waals surface area contributed by atoms with Gasteiger partial charge in [0, 0.05) is 15.6 Å². The van der Waals surface area contributed by atoms with E-state index in [9.17, 15) is 9.59 Å². The van der Waals surface area contributed by atoms with Crippen molar-refractivity contribution in [3.8, 4) is 5.75 Å². The molecule has 1 N–H and O–H groups in total. The largest absolute Gasteiger partial charge is 0.422 e. The normalized spacial score (nSPS) is 10.7. The summed E-state index contributed by atoms with van der Waals surface area (Å²) in [5, 5.41) is 4.02. The zero-order chi connectivity index (χ0) is 20.8. The first kappa shape index (κ1) is 20.5. The van der Waals surface area contributed by atoms with E-state index in [4.69, 9.17) is 4.74 Å². The fourth-order valence-corrected chi connectivity index (χ4v) is 3.10. The average molecular weight is 451 g/mol. The Morgan fingerprint density at radius 1 is 0.931 bits per heavy atom. The maximum absolute atomic E-state index is 12.5. The molecule has 0 heterocycles. The molecular formula is C23H19BrN2O3. The Balaban J connectivity index is 1.77. The summed E-state index contributed by atoms with van der Waals surface area (Å²) in [5.74, 6) is -0.424. The lowest BCUT2D eigenvalue weighted by Gasteiger charge is -2.09. The molecule has 3 rings (SSSR count). The van der Waals surface area contributed by atoms with Crippen molar-refractivity contribution in [2.75, 3.05) is 0 Å². The van der Waals surface area contributed by atoms with Crippen LogP contribution in [-0.2, 0) is 0 Å². The van der Waals surface area contributed by atoms with Gasteiger partial charge < -0.3 is 4.74 Å². The molecule has 0 aliphatic carbocycles. The molecule has 6 heteroatoms. The molecule has 29 heavy (non-hydrogen) atoms. The maximum atomic E-state index is 12.5. The average Bonchev–Trinajstić information content (AvgIpc) is 2.70. The molecule has 0 radical (unpaired) electrons. The third-order valence-electron chi connectivity index (χ3n) is 4.30. The standard InChI is InChI=1S/C23H19BrN2O3/c1-15-7-3-5-9-19(15)22(27)26-25-14-17-13-18(24)11-12-21(17)29-23(28)20-10-6-4-8-16(20)2/h3-14H,1-2H3,(H,26,27)/b25-14+. The number of nitrogens with one attached hydrogen (secondary N) is 1. The summed E-state index contributed by atoms with van der Waals surface area (Å²) in [6.07, 6.45) is 1.45. The quantitative estimate of drug-likeness (QED) is 0.256. The van der Waals surface area contributed by atoms with Crippen molar-refractivity contribution in [1.29, 1.82) is 0 Å². The highest BCUT2D eigenvalue weighted by atomic mass is 79.9. The lowest BCUT2D eigenvalue weighted by atomic mass is 10.1. The summed E-state index contributed by atoms with van der Waals surface area (Å²) in [7, 11) is 0. The predicted molar refractivity (Wildman–Crippen MR) is 117 cm³/mol. The zero-order valence-corrected chi connectivity index (χ0v) is 17.6. The first-order valence-electron chi connectivity index (χ1n) is 8.92. The highest BCUT2D eigenvalue weighted by molar-refractivity contribution is 9.10. The molecule has 3 aromatic rings. The van der Waals surface area contributed by atoms with Crippen molar-refractivity contribution < 1.29 is 14.3 Å². The molecule has 146 valence electrons. The third kappa shape index (κ3) is 5.18. The van der Waals surface area contributed by atoms with Crippen LogP contribution in [0.5, 0.6) is 5.75 Å². The number of esters is 1. The van der Waals surface area contributed by atoms with Gasteiger partial charge in [-0.3, -0.25) is 4.79 Å². The molecule has 5 nitrogen and oxygen atoms in total. The van der Waals surface area contributed by atoms with Gasteiger partial charge in [-0.2, -0.15) is 5.10 Å². The number of hydrazone groups is 1. The van der Waals surface area contributed by atoms with Gasteiger partial charge in [-0.05, 0) is 55.3 Å². The first-order chi connectivity index (χ1) is 14.0. The number of nitrogens with zero attached hydrogens (tertiary/aromatic N) is 1. The van der Waals surface area contributed by atoms with Crippen LogP contribution in [0.1, 0.15) is 37.4 Å². The van der Waals surface area contributed by atoms with Crippen LogP contribution in [-0.4, -0.2) is 18.1 Å². The van der Waals surface area contributed by atoms with Crippen molar-refractivity contribution >= 4 is 34.0 Å². The third-order valence-corrected chi connectivity index (χ3v) is 4.79. The minimum Gasteiger partial charge on any atom is -0.422 e. The van der Waals surface area contributed by atoms with E-state index < -0.39 is 5.97 Å². The number of halogens is 1. The summed E-state index contributed by atoms with van der Waals surface area (Å²) in [4.78, 5) is 24.8. The van der Waals surface area contributed by atoms with Crippen LogP contribution in [0.15, 0.2) is 76.3 Å². The molecule has 0 spiro atoms. The van der Waals surface area contributed by atoms with Crippen molar-refractivity contribution in [1.82, 2.24) is 5.43 Å². The molecule has 0 aliphatic heterocycles. The maximum Gasteiger partial charge on any atom is 0.343 e. The van der Waals surface area contributed by atoms with Crippen molar-refractivity contribution in [2.45, 2.75) is 13.8 Å². The molecule has 0 aromatic heterocycles. The zero-order valence-electron chi connectivity index (χ0n) is 16.0. The van der Waals surface area contributed by atoms with Gasteiger partial charge in [0.2, 0.25) is 0 Å². The Hall–Kier alpha value is -3.25. The Morgan fingerprint density at radius 3 is 2.21 bits per heavy atom. The van der Waals surface area contributed by atoms with Crippen LogP contribution in [0, 0.1) is 13.8 Å². The molecule has 3 aromatic carbocycles. The summed E-state index contributed by atoms with van der Waals surface area (Å²) < 4.78 is 6.36. The minimum atomic E-state index is -0.455. The topological polar surface area (TPSA) is 67.8 Å². The second-order valence-electron chi connectivity index (χ2n) is 6.40. The van der Waals surface area contributed by atoms with Gasteiger partial charge in [-0.1, -0.05) is 52.3 Å². The van der Waals surface area contributed by atoms with Gasteiger partial charge in [-0.15, -0.1) is 0 Å². The fraction of sp³-hybridized carbons (Fsp3) is 0.0870. The first-order valence-corrected chi connectivity index (χ1v) is 9.71. The Kier molecular flexibility index (Phi) is 6.57. The van der Waals surface area contributed by atoms with E-state index in [1.807, 2.05) is 38.1 Å². The molecule has 0 fully saturated rings. The van der Waals surface area contributed by atoms with Crippen LogP contribution in [0.2, 0.25) is 0 Å². The molecule has 0 saturated carbocycles. The predicted octanol–water partition coefficient (Wildman–Crippen LogP) is 5.05. The highest BCUT2D eigenvalue weighted by Gasteiger charge is 2.13. The van der Waals surface area contributed by atoms with Crippen LogP contribution in [0.25, 0.3) is 0 Å². The summed E-state index contributed by atoms with van der Waals surface area (Å²) in [6.45, 7) is 3.71. The second kappa shape index (κ2) is 9.30. The number of hydrogen-bond donors (Lipinski definition) is 1. The van der Waals surface area contributed by atoms with Gasteiger partial charge in [0.25, 0.3) is 5.91 Å². The van der Waals surface area contributed by atoms with Gasteiger partial charge in [-0.25, -0.2) is 10.2 Å². The highest BCUT2D eigenvalue weighted by Crippen LogP contribution is 2.23. The number of amides is 1. The number of carbonyl (C=O) groups excluding carboxylic acids is 2. The van der Waals surface area contributed by atoms with Gasteiger partial charge in [0.1, 0.15) is 5.75 Å². The Labute approximate surface area is 177 Å². The van der Waals surface area contributed by atoms with E-state index in [1.165, 1.54) is 6.21 Å². The van der Waals surface area contributed by atoms with Crippen LogP contribution < -0.4 is 10.2 Å². The molecular weight excluding hydrogens is 432 g/mol. The number of hydrogen-bond acceptors (Lipinski definition) is 4. The SMILES string of the molecule is Cc1ccccc1C(=O)N/N=C/c1cc(Br)ccc1OC(=O)c1ccccc1C. The molecule has 0 bridgehead atoms. The van der Waals surface area contributed by atoms with Crippen molar-refractivity contribution in [2.24, 2.45) is 5.10 Å². The van der Waals surface area contributed by atoms with E-state index in [-0.39, 0.29) is 5.91 Å².